The lowest BCUT2D eigenvalue weighted by Crippen LogP contribution is -2.22. The number of nitrogens with one attached hydrogen (secondary N) is 1. The van der Waals surface area contributed by atoms with Crippen molar-refractivity contribution in [2.45, 2.75) is 13.8 Å². The molecule has 1 aromatic rings. The number of nitrogens with zero attached hydrogens (tertiary/aromatic N) is 1. The van der Waals surface area contributed by atoms with E-state index in [1.54, 1.807) is 6.07 Å². The fraction of sp³-hybridized carbons (Fsp3) is 0.364. The maximum absolute atomic E-state index is 10.3. The molecule has 0 atom stereocenters. The second kappa shape index (κ2) is 5.61. The summed E-state index contributed by atoms with van der Waals surface area (Å²) in [7, 11) is 0. The molecular formula is C11H15ClN2O. The predicted molar refractivity (Wildman–Crippen MR) is 64.7 cm³/mol. The van der Waals surface area contributed by atoms with E-state index in [2.05, 4.69) is 24.1 Å². The van der Waals surface area contributed by atoms with Gasteiger partial charge in [-0.25, -0.2) is 0 Å². The number of anilines is 2. The third-order valence-electron chi connectivity index (χ3n) is 2.28. The lowest BCUT2D eigenvalue weighted by atomic mass is 10.2. The number of amides is 1. The number of carbonyl (C=O) groups excluding carboxylic acids is 1. The first-order valence-electron chi connectivity index (χ1n) is 4.97. The molecule has 0 heterocycles. The van der Waals surface area contributed by atoms with Crippen molar-refractivity contribution in [3.8, 4) is 0 Å². The summed E-state index contributed by atoms with van der Waals surface area (Å²) in [6, 6.07) is 5.51. The van der Waals surface area contributed by atoms with Crippen molar-refractivity contribution < 1.29 is 4.79 Å². The maximum Gasteiger partial charge on any atom is 0.211 e. The van der Waals surface area contributed by atoms with Crippen LogP contribution >= 0.6 is 11.6 Å². The highest BCUT2D eigenvalue weighted by atomic mass is 35.5. The molecule has 0 spiro atoms. The monoisotopic (exact) mass is 226 g/mol. The molecule has 1 rings (SSSR count). The first-order chi connectivity index (χ1) is 7.22. The van der Waals surface area contributed by atoms with Crippen LogP contribution in [0.2, 0.25) is 5.02 Å². The van der Waals surface area contributed by atoms with Crippen molar-refractivity contribution in [3.05, 3.63) is 23.2 Å². The molecule has 3 nitrogen and oxygen atoms in total. The molecule has 4 heteroatoms. The minimum atomic E-state index is 0.642. The van der Waals surface area contributed by atoms with E-state index in [1.165, 1.54) is 0 Å². The molecule has 0 aliphatic carbocycles. The number of hydrogen-bond donors (Lipinski definition) is 1. The highest BCUT2D eigenvalue weighted by molar-refractivity contribution is 6.33. The lowest BCUT2D eigenvalue weighted by Gasteiger charge is -2.22. The van der Waals surface area contributed by atoms with Crippen LogP contribution in [-0.2, 0) is 4.79 Å². The maximum atomic E-state index is 10.3. The molecule has 0 radical (unpaired) electrons. The largest absolute Gasteiger partial charge is 0.371 e. The number of rotatable bonds is 5. The fourth-order valence-corrected chi connectivity index (χ4v) is 1.79. The molecule has 0 saturated carbocycles. The van der Waals surface area contributed by atoms with Crippen LogP contribution in [0.4, 0.5) is 11.4 Å². The van der Waals surface area contributed by atoms with Crippen LogP contribution in [-0.4, -0.2) is 19.5 Å². The Balaban J connectivity index is 2.96. The summed E-state index contributed by atoms with van der Waals surface area (Å²) < 4.78 is 0. The Morgan fingerprint density at radius 3 is 2.53 bits per heavy atom. The standard InChI is InChI=1S/C11H15ClN2O/c1-3-14(4-2)11-6-5-9(13-8-15)7-10(11)12/h5-8H,3-4H2,1-2H3,(H,13,15). The number of halogens is 1. The quantitative estimate of drug-likeness (QED) is 0.783. The SMILES string of the molecule is CCN(CC)c1ccc(NC=O)cc1Cl. The van der Waals surface area contributed by atoms with Gasteiger partial charge in [-0.2, -0.15) is 0 Å². The average molecular weight is 227 g/mol. The van der Waals surface area contributed by atoms with E-state index in [-0.39, 0.29) is 0 Å². The van der Waals surface area contributed by atoms with Gasteiger partial charge < -0.3 is 10.2 Å². The van der Waals surface area contributed by atoms with Gasteiger partial charge in [0.05, 0.1) is 10.7 Å². The summed E-state index contributed by atoms with van der Waals surface area (Å²) in [5, 5.41) is 3.22. The van der Waals surface area contributed by atoms with Crippen LogP contribution in [0.5, 0.6) is 0 Å². The van der Waals surface area contributed by atoms with Gasteiger partial charge in [0.25, 0.3) is 0 Å². The Morgan fingerprint density at radius 2 is 2.07 bits per heavy atom. The third-order valence-corrected chi connectivity index (χ3v) is 2.58. The Bertz CT molecular complexity index is 337. The van der Waals surface area contributed by atoms with Crippen LogP contribution in [0.1, 0.15) is 13.8 Å². The molecule has 0 saturated heterocycles. The minimum Gasteiger partial charge on any atom is -0.371 e. The highest BCUT2D eigenvalue weighted by Crippen LogP contribution is 2.28. The topological polar surface area (TPSA) is 32.3 Å². The van der Waals surface area contributed by atoms with E-state index < -0.39 is 0 Å². The van der Waals surface area contributed by atoms with Crippen LogP contribution < -0.4 is 10.2 Å². The lowest BCUT2D eigenvalue weighted by molar-refractivity contribution is -0.105. The second-order valence-corrected chi connectivity index (χ2v) is 3.51. The van der Waals surface area contributed by atoms with E-state index in [1.807, 2.05) is 12.1 Å². The molecular weight excluding hydrogens is 212 g/mol. The molecule has 0 aromatic heterocycles. The molecule has 1 aromatic carbocycles. The van der Waals surface area contributed by atoms with Crippen LogP contribution in [0.25, 0.3) is 0 Å². The molecule has 0 unspecified atom stereocenters. The summed E-state index contributed by atoms with van der Waals surface area (Å²) in [6.45, 7) is 5.99. The zero-order valence-corrected chi connectivity index (χ0v) is 9.71. The van der Waals surface area contributed by atoms with Crippen LogP contribution in [0, 0.1) is 0 Å². The summed E-state index contributed by atoms with van der Waals surface area (Å²) in [5.41, 5.74) is 1.71. The molecule has 0 bridgehead atoms. The van der Waals surface area contributed by atoms with Crippen molar-refractivity contribution >= 4 is 29.4 Å². The molecule has 0 fully saturated rings. The molecule has 1 amide bonds. The van der Waals surface area contributed by atoms with Gasteiger partial charge in [0.2, 0.25) is 6.41 Å². The highest BCUT2D eigenvalue weighted by Gasteiger charge is 2.06. The molecule has 1 N–H and O–H groups in total. The van der Waals surface area contributed by atoms with E-state index in [4.69, 9.17) is 11.6 Å². The van der Waals surface area contributed by atoms with Crippen molar-refractivity contribution in [2.24, 2.45) is 0 Å². The summed E-state index contributed by atoms with van der Waals surface area (Å²) in [5.74, 6) is 0. The molecule has 0 aliphatic rings. The molecule has 82 valence electrons. The Morgan fingerprint density at radius 1 is 1.40 bits per heavy atom. The van der Waals surface area contributed by atoms with Gasteiger partial charge in [-0.15, -0.1) is 0 Å². The van der Waals surface area contributed by atoms with E-state index in [9.17, 15) is 4.79 Å². The zero-order chi connectivity index (χ0) is 11.3. The summed E-state index contributed by atoms with van der Waals surface area (Å²) >= 11 is 6.12. The van der Waals surface area contributed by atoms with Gasteiger partial charge in [0, 0.05) is 18.8 Å². The fourth-order valence-electron chi connectivity index (χ4n) is 1.49. The normalized spacial score (nSPS) is 9.80. The van der Waals surface area contributed by atoms with Crippen molar-refractivity contribution in [1.82, 2.24) is 0 Å². The number of hydrogen-bond acceptors (Lipinski definition) is 2. The van der Waals surface area contributed by atoms with Crippen molar-refractivity contribution in [2.75, 3.05) is 23.3 Å². The first-order valence-corrected chi connectivity index (χ1v) is 5.35. The number of carbonyl (C=O) groups is 1. The van der Waals surface area contributed by atoms with Gasteiger partial charge in [0.1, 0.15) is 0 Å². The van der Waals surface area contributed by atoms with Gasteiger partial charge in [-0.3, -0.25) is 4.79 Å². The number of benzene rings is 1. The Hall–Kier alpha value is -1.22. The van der Waals surface area contributed by atoms with Gasteiger partial charge in [-0.05, 0) is 32.0 Å². The van der Waals surface area contributed by atoms with Gasteiger partial charge in [-0.1, -0.05) is 11.6 Å². The van der Waals surface area contributed by atoms with E-state index in [0.717, 1.165) is 18.8 Å². The smallest absolute Gasteiger partial charge is 0.211 e. The molecule has 0 aliphatic heterocycles. The first kappa shape index (κ1) is 11.9. The van der Waals surface area contributed by atoms with E-state index >= 15 is 0 Å². The summed E-state index contributed by atoms with van der Waals surface area (Å²) in [6.07, 6.45) is 0.642. The Labute approximate surface area is 95.0 Å². The second-order valence-electron chi connectivity index (χ2n) is 3.10. The van der Waals surface area contributed by atoms with Crippen molar-refractivity contribution in [1.29, 1.82) is 0 Å². The van der Waals surface area contributed by atoms with Crippen LogP contribution in [0.15, 0.2) is 18.2 Å². The minimum absolute atomic E-state index is 0.642. The average Bonchev–Trinajstić information content (AvgIpc) is 2.23. The predicted octanol–water partition coefficient (Wildman–Crippen LogP) is 2.75. The summed E-state index contributed by atoms with van der Waals surface area (Å²) in [4.78, 5) is 12.4. The van der Waals surface area contributed by atoms with Gasteiger partial charge >= 0.3 is 0 Å². The molecule has 15 heavy (non-hydrogen) atoms. The van der Waals surface area contributed by atoms with Crippen molar-refractivity contribution in [3.63, 3.8) is 0 Å². The van der Waals surface area contributed by atoms with Crippen LogP contribution in [0.3, 0.4) is 0 Å². The third kappa shape index (κ3) is 2.86. The zero-order valence-electron chi connectivity index (χ0n) is 8.96. The van der Waals surface area contributed by atoms with Gasteiger partial charge in [0.15, 0.2) is 0 Å². The van der Waals surface area contributed by atoms with E-state index in [0.29, 0.717) is 17.1 Å². The Kier molecular flexibility index (Phi) is 4.43.